The molecule has 0 aliphatic carbocycles. The van der Waals surface area contributed by atoms with Gasteiger partial charge >= 0.3 is 0 Å². The van der Waals surface area contributed by atoms with Gasteiger partial charge < -0.3 is 25.2 Å². The summed E-state index contributed by atoms with van der Waals surface area (Å²) in [5, 5.41) is 16.0. The molecule has 0 amide bonds. The minimum atomic E-state index is -0.00371. The summed E-state index contributed by atoms with van der Waals surface area (Å²) in [7, 11) is 1.76. The molecule has 1 aliphatic heterocycles. The molecule has 6 nitrogen and oxygen atoms in total. The standard InChI is InChI=1S/C21H35N3O3/c1-20(2,3)17-6-5-7-18(14-17)27-13-10-23-19(22-4)24-15-21(8-11-25)9-12-26-16-21/h5-7,14,25H,8-13,15-16H2,1-4H3,(H2,22,23,24). The van der Waals surface area contributed by atoms with E-state index in [2.05, 4.69) is 48.5 Å². The number of aliphatic hydroxyl groups excluding tert-OH is 1. The van der Waals surface area contributed by atoms with Crippen molar-refractivity contribution < 1.29 is 14.6 Å². The molecule has 0 spiro atoms. The number of ether oxygens (including phenoxy) is 2. The zero-order valence-corrected chi connectivity index (χ0v) is 17.2. The molecule has 1 saturated heterocycles. The van der Waals surface area contributed by atoms with Gasteiger partial charge in [-0.1, -0.05) is 32.9 Å². The Morgan fingerprint density at radius 1 is 1.33 bits per heavy atom. The Labute approximate surface area is 163 Å². The van der Waals surface area contributed by atoms with Crippen molar-refractivity contribution in [2.45, 2.75) is 39.0 Å². The lowest BCUT2D eigenvalue weighted by molar-refractivity contribution is 0.127. The molecule has 2 rings (SSSR count). The van der Waals surface area contributed by atoms with E-state index >= 15 is 0 Å². The number of aliphatic hydroxyl groups is 1. The van der Waals surface area contributed by atoms with Gasteiger partial charge in [0.25, 0.3) is 0 Å². The van der Waals surface area contributed by atoms with Crippen LogP contribution in [0.1, 0.15) is 39.2 Å². The van der Waals surface area contributed by atoms with E-state index in [9.17, 15) is 5.11 Å². The summed E-state index contributed by atoms with van der Waals surface area (Å²) in [6.45, 7) is 10.2. The van der Waals surface area contributed by atoms with E-state index in [-0.39, 0.29) is 17.4 Å². The van der Waals surface area contributed by atoms with Gasteiger partial charge in [0.15, 0.2) is 5.96 Å². The fourth-order valence-electron chi connectivity index (χ4n) is 3.19. The van der Waals surface area contributed by atoms with Crippen molar-refractivity contribution >= 4 is 5.96 Å². The number of aliphatic imine (C=N–C) groups is 1. The molecular weight excluding hydrogens is 342 g/mol. The molecule has 1 aliphatic rings. The van der Waals surface area contributed by atoms with E-state index in [1.54, 1.807) is 7.05 Å². The first-order valence-electron chi connectivity index (χ1n) is 9.75. The van der Waals surface area contributed by atoms with Crippen molar-refractivity contribution in [2.24, 2.45) is 10.4 Å². The minimum Gasteiger partial charge on any atom is -0.492 e. The van der Waals surface area contributed by atoms with Crippen molar-refractivity contribution in [3.05, 3.63) is 29.8 Å². The number of benzene rings is 1. The maximum atomic E-state index is 9.32. The molecule has 6 heteroatoms. The lowest BCUT2D eigenvalue weighted by Gasteiger charge is -2.27. The Morgan fingerprint density at radius 2 is 2.15 bits per heavy atom. The Kier molecular flexibility index (Phi) is 7.92. The van der Waals surface area contributed by atoms with Crippen LogP contribution in [0, 0.1) is 5.41 Å². The van der Waals surface area contributed by atoms with Crippen LogP contribution in [0.4, 0.5) is 0 Å². The van der Waals surface area contributed by atoms with Crippen molar-refractivity contribution in [3.63, 3.8) is 0 Å². The van der Waals surface area contributed by atoms with Crippen LogP contribution in [0.15, 0.2) is 29.3 Å². The third kappa shape index (κ3) is 6.70. The van der Waals surface area contributed by atoms with E-state index in [1.807, 2.05) is 12.1 Å². The Bertz CT molecular complexity index is 605. The molecule has 0 saturated carbocycles. The Hall–Kier alpha value is -1.79. The van der Waals surface area contributed by atoms with E-state index < -0.39 is 0 Å². The van der Waals surface area contributed by atoms with Gasteiger partial charge in [0, 0.05) is 32.2 Å². The van der Waals surface area contributed by atoms with Gasteiger partial charge in [-0.15, -0.1) is 0 Å². The minimum absolute atomic E-state index is 0.00371. The molecule has 3 N–H and O–H groups in total. The van der Waals surface area contributed by atoms with Crippen molar-refractivity contribution in [3.8, 4) is 5.75 Å². The summed E-state index contributed by atoms with van der Waals surface area (Å²) in [5.41, 5.74) is 1.37. The van der Waals surface area contributed by atoms with E-state index in [0.29, 0.717) is 19.8 Å². The molecule has 27 heavy (non-hydrogen) atoms. The maximum absolute atomic E-state index is 9.32. The summed E-state index contributed by atoms with van der Waals surface area (Å²) >= 11 is 0. The number of guanidine groups is 1. The molecule has 1 atom stereocenters. The number of rotatable bonds is 8. The molecule has 1 unspecified atom stereocenters. The van der Waals surface area contributed by atoms with Crippen molar-refractivity contribution in [1.29, 1.82) is 0 Å². The van der Waals surface area contributed by atoms with Crippen LogP contribution in [0.2, 0.25) is 0 Å². The predicted octanol–water partition coefficient (Wildman–Crippen LogP) is 2.32. The van der Waals surface area contributed by atoms with Gasteiger partial charge in [0.2, 0.25) is 0 Å². The van der Waals surface area contributed by atoms with Crippen molar-refractivity contribution in [1.82, 2.24) is 10.6 Å². The Balaban J connectivity index is 1.75. The van der Waals surface area contributed by atoms with Gasteiger partial charge in [-0.3, -0.25) is 4.99 Å². The molecule has 1 fully saturated rings. The average Bonchev–Trinajstić information content (AvgIpc) is 3.10. The second-order valence-electron chi connectivity index (χ2n) is 8.26. The predicted molar refractivity (Wildman–Crippen MR) is 110 cm³/mol. The normalized spacial score (nSPS) is 20.6. The first kappa shape index (κ1) is 21.5. The largest absolute Gasteiger partial charge is 0.492 e. The highest BCUT2D eigenvalue weighted by Crippen LogP contribution is 2.31. The van der Waals surface area contributed by atoms with Gasteiger partial charge in [-0.05, 0) is 36.0 Å². The monoisotopic (exact) mass is 377 g/mol. The molecule has 152 valence electrons. The van der Waals surface area contributed by atoms with Gasteiger partial charge in [0.1, 0.15) is 12.4 Å². The van der Waals surface area contributed by atoms with Crippen LogP contribution < -0.4 is 15.4 Å². The zero-order valence-electron chi connectivity index (χ0n) is 17.2. The van der Waals surface area contributed by atoms with Crippen LogP contribution in [0.5, 0.6) is 5.75 Å². The zero-order chi connectivity index (χ0) is 19.8. The topological polar surface area (TPSA) is 75.1 Å². The smallest absolute Gasteiger partial charge is 0.191 e. The highest BCUT2D eigenvalue weighted by Gasteiger charge is 2.34. The third-order valence-electron chi connectivity index (χ3n) is 5.04. The Morgan fingerprint density at radius 3 is 2.78 bits per heavy atom. The molecule has 0 radical (unpaired) electrons. The van der Waals surface area contributed by atoms with Gasteiger partial charge in [-0.25, -0.2) is 0 Å². The second-order valence-corrected chi connectivity index (χ2v) is 8.26. The van der Waals surface area contributed by atoms with Crippen LogP contribution >= 0.6 is 0 Å². The molecule has 1 aromatic carbocycles. The summed E-state index contributed by atoms with van der Waals surface area (Å²) in [4.78, 5) is 4.27. The van der Waals surface area contributed by atoms with Crippen LogP contribution in [0.25, 0.3) is 0 Å². The number of hydrogen-bond acceptors (Lipinski definition) is 4. The number of nitrogens with one attached hydrogen (secondary N) is 2. The fraction of sp³-hybridized carbons (Fsp3) is 0.667. The summed E-state index contributed by atoms with van der Waals surface area (Å²) in [6, 6.07) is 8.26. The summed E-state index contributed by atoms with van der Waals surface area (Å²) in [5.74, 6) is 1.63. The van der Waals surface area contributed by atoms with Gasteiger partial charge in [0.05, 0.1) is 13.2 Å². The molecule has 0 aromatic heterocycles. The lowest BCUT2D eigenvalue weighted by Crippen LogP contribution is -2.45. The number of hydrogen-bond donors (Lipinski definition) is 3. The highest BCUT2D eigenvalue weighted by atomic mass is 16.5. The SMILES string of the molecule is CN=C(NCCOc1cccc(C(C)(C)C)c1)NCC1(CCO)CCOC1. The highest BCUT2D eigenvalue weighted by molar-refractivity contribution is 5.79. The van der Waals surface area contributed by atoms with Gasteiger partial charge in [-0.2, -0.15) is 0 Å². The lowest BCUT2D eigenvalue weighted by atomic mass is 9.84. The van der Waals surface area contributed by atoms with E-state index in [0.717, 1.165) is 37.7 Å². The molecule has 0 bridgehead atoms. The number of nitrogens with zero attached hydrogens (tertiary/aromatic N) is 1. The fourth-order valence-corrected chi connectivity index (χ4v) is 3.19. The first-order valence-corrected chi connectivity index (χ1v) is 9.75. The third-order valence-corrected chi connectivity index (χ3v) is 5.04. The van der Waals surface area contributed by atoms with Crippen LogP contribution in [0.3, 0.4) is 0 Å². The second kappa shape index (κ2) is 9.95. The maximum Gasteiger partial charge on any atom is 0.191 e. The first-order chi connectivity index (χ1) is 12.9. The van der Waals surface area contributed by atoms with Crippen LogP contribution in [-0.4, -0.2) is 57.6 Å². The quantitative estimate of drug-likeness (QED) is 0.368. The molecule has 1 aromatic rings. The average molecular weight is 378 g/mol. The van der Waals surface area contributed by atoms with Crippen LogP contribution in [-0.2, 0) is 10.2 Å². The molecular formula is C21H35N3O3. The van der Waals surface area contributed by atoms with E-state index in [1.165, 1.54) is 5.56 Å². The van der Waals surface area contributed by atoms with E-state index in [4.69, 9.17) is 9.47 Å². The van der Waals surface area contributed by atoms with Crippen molar-refractivity contribution in [2.75, 3.05) is 46.6 Å². The summed E-state index contributed by atoms with van der Waals surface area (Å²) in [6.07, 6.45) is 1.70. The molecule has 1 heterocycles. The summed E-state index contributed by atoms with van der Waals surface area (Å²) < 4.78 is 11.4.